The van der Waals surface area contributed by atoms with Crippen molar-refractivity contribution < 1.29 is 4.57 Å². The van der Waals surface area contributed by atoms with E-state index in [4.69, 9.17) is 0 Å². The van der Waals surface area contributed by atoms with Crippen LogP contribution in [0.2, 0.25) is 0 Å². The van der Waals surface area contributed by atoms with Crippen LogP contribution in [0.4, 0.5) is 0 Å². The van der Waals surface area contributed by atoms with Crippen LogP contribution in [0.5, 0.6) is 0 Å². The topological polar surface area (TPSA) is 3.88 Å². The highest BCUT2D eigenvalue weighted by molar-refractivity contribution is 5.62. The molecule has 0 bridgehead atoms. The Kier molecular flexibility index (Phi) is 4.22. The van der Waals surface area contributed by atoms with Crippen molar-refractivity contribution in [2.45, 2.75) is 52.9 Å². The lowest BCUT2D eigenvalue weighted by Crippen LogP contribution is -2.33. The highest BCUT2D eigenvalue weighted by Gasteiger charge is 2.20. The molecule has 0 aliphatic heterocycles. The molecule has 112 valence electrons. The average molecular weight is 282 g/mol. The molecule has 0 saturated carbocycles. The molecule has 2 aromatic rings. The molecule has 0 radical (unpaired) electrons. The van der Waals surface area contributed by atoms with Crippen molar-refractivity contribution >= 4 is 0 Å². The van der Waals surface area contributed by atoms with E-state index in [2.05, 4.69) is 89.7 Å². The number of nitrogens with zero attached hydrogens (tertiary/aromatic N) is 1. The summed E-state index contributed by atoms with van der Waals surface area (Å²) in [6, 6.07) is 11.3. The highest BCUT2D eigenvalue weighted by atomic mass is 14.9. The zero-order valence-corrected chi connectivity index (χ0v) is 14.5. The number of pyridine rings is 1. The lowest BCUT2D eigenvalue weighted by atomic mass is 9.87. The Hall–Kier alpha value is -1.63. The Morgan fingerprint density at radius 1 is 1.00 bits per heavy atom. The number of rotatable bonds is 2. The van der Waals surface area contributed by atoms with Gasteiger partial charge in [-0.15, -0.1) is 0 Å². The summed E-state index contributed by atoms with van der Waals surface area (Å²) in [5.74, 6) is 0.559. The van der Waals surface area contributed by atoms with E-state index in [0.717, 1.165) is 0 Å². The number of aryl methyl sites for hydroxylation is 2. The maximum absolute atomic E-state index is 2.34. The first-order valence-electron chi connectivity index (χ1n) is 7.81. The van der Waals surface area contributed by atoms with Gasteiger partial charge in [-0.3, -0.25) is 0 Å². The van der Waals surface area contributed by atoms with Gasteiger partial charge in [0.15, 0.2) is 6.20 Å². The summed E-state index contributed by atoms with van der Waals surface area (Å²) in [4.78, 5) is 0. The van der Waals surface area contributed by atoms with Gasteiger partial charge < -0.3 is 0 Å². The summed E-state index contributed by atoms with van der Waals surface area (Å²) in [6.07, 6.45) is 2.26. The predicted molar refractivity (Wildman–Crippen MR) is 90.6 cm³/mol. The van der Waals surface area contributed by atoms with E-state index >= 15 is 0 Å². The maximum Gasteiger partial charge on any atom is 0.212 e. The average Bonchev–Trinajstić information content (AvgIpc) is 2.38. The molecule has 0 spiro atoms. The molecular weight excluding hydrogens is 254 g/mol. The van der Waals surface area contributed by atoms with Crippen LogP contribution in [0, 0.1) is 6.92 Å². The van der Waals surface area contributed by atoms with Gasteiger partial charge in [0.25, 0.3) is 0 Å². The summed E-state index contributed by atoms with van der Waals surface area (Å²) in [7, 11) is 2.14. The van der Waals surface area contributed by atoms with Crippen LogP contribution in [-0.2, 0) is 12.5 Å². The minimum absolute atomic E-state index is 0.186. The molecular formula is C20H28N+. The Morgan fingerprint density at radius 3 is 2.19 bits per heavy atom. The summed E-state index contributed by atoms with van der Waals surface area (Å²) in [5.41, 5.74) is 6.90. The van der Waals surface area contributed by atoms with Gasteiger partial charge in [0.05, 0.1) is 0 Å². The molecule has 2 rings (SSSR count). The van der Waals surface area contributed by atoms with Crippen LogP contribution < -0.4 is 4.57 Å². The van der Waals surface area contributed by atoms with Gasteiger partial charge >= 0.3 is 0 Å². The lowest BCUT2D eigenvalue weighted by Gasteiger charge is -2.18. The molecule has 0 aliphatic carbocycles. The molecule has 0 saturated heterocycles. The molecule has 0 N–H and O–H groups in total. The van der Waals surface area contributed by atoms with Gasteiger partial charge in [-0.2, -0.15) is 0 Å². The summed E-state index contributed by atoms with van der Waals surface area (Å²) in [6.45, 7) is 13.5. The van der Waals surface area contributed by atoms with Gasteiger partial charge in [0.2, 0.25) is 5.69 Å². The van der Waals surface area contributed by atoms with Crippen molar-refractivity contribution in [1.29, 1.82) is 0 Å². The number of aromatic nitrogens is 1. The first kappa shape index (κ1) is 15.8. The Morgan fingerprint density at radius 2 is 1.67 bits per heavy atom. The minimum Gasteiger partial charge on any atom is -0.201 e. The van der Waals surface area contributed by atoms with E-state index in [1.807, 2.05) is 0 Å². The number of hydrogen-bond donors (Lipinski definition) is 0. The van der Waals surface area contributed by atoms with E-state index < -0.39 is 0 Å². The van der Waals surface area contributed by atoms with Gasteiger partial charge in [0, 0.05) is 17.2 Å². The third-order valence-electron chi connectivity index (χ3n) is 4.20. The van der Waals surface area contributed by atoms with Gasteiger partial charge in [-0.05, 0) is 41.5 Å². The fraction of sp³-hybridized carbons (Fsp3) is 0.450. The lowest BCUT2D eigenvalue weighted by molar-refractivity contribution is -0.661. The Labute approximate surface area is 129 Å². The normalized spacial score (nSPS) is 12.0. The second-order valence-electron chi connectivity index (χ2n) is 7.39. The van der Waals surface area contributed by atoms with Gasteiger partial charge in [-0.25, -0.2) is 4.57 Å². The molecule has 0 fully saturated rings. The molecule has 0 amide bonds. The molecule has 0 unspecified atom stereocenters. The van der Waals surface area contributed by atoms with E-state index in [1.54, 1.807) is 0 Å². The van der Waals surface area contributed by atoms with E-state index in [-0.39, 0.29) is 5.41 Å². The third-order valence-corrected chi connectivity index (χ3v) is 4.20. The highest BCUT2D eigenvalue weighted by Crippen LogP contribution is 2.27. The third kappa shape index (κ3) is 3.34. The largest absolute Gasteiger partial charge is 0.212 e. The SMILES string of the molecule is Cc1ccc(C(C)C)cc1-c1ccc(C(C)(C)C)c[n+]1C. The maximum atomic E-state index is 2.34. The number of benzene rings is 1. The predicted octanol–water partition coefficient (Wildman–Crippen LogP) is 4.91. The first-order valence-corrected chi connectivity index (χ1v) is 7.81. The minimum atomic E-state index is 0.186. The summed E-state index contributed by atoms with van der Waals surface area (Å²) in [5, 5.41) is 0. The summed E-state index contributed by atoms with van der Waals surface area (Å²) < 4.78 is 2.26. The first-order chi connectivity index (χ1) is 9.70. The summed E-state index contributed by atoms with van der Waals surface area (Å²) >= 11 is 0. The van der Waals surface area contributed by atoms with Gasteiger partial charge in [-0.1, -0.05) is 46.8 Å². The second-order valence-corrected chi connectivity index (χ2v) is 7.39. The van der Waals surface area contributed by atoms with Crippen molar-refractivity contribution in [2.75, 3.05) is 0 Å². The van der Waals surface area contributed by atoms with E-state index in [0.29, 0.717) is 5.92 Å². The van der Waals surface area contributed by atoms with Crippen LogP contribution in [0.25, 0.3) is 11.3 Å². The van der Waals surface area contributed by atoms with Crippen LogP contribution in [0.15, 0.2) is 36.5 Å². The fourth-order valence-corrected chi connectivity index (χ4v) is 2.61. The van der Waals surface area contributed by atoms with Gasteiger partial charge in [0.1, 0.15) is 7.05 Å². The van der Waals surface area contributed by atoms with Crippen molar-refractivity contribution in [3.8, 4) is 11.3 Å². The molecule has 1 aromatic carbocycles. The van der Waals surface area contributed by atoms with Crippen LogP contribution in [-0.4, -0.2) is 0 Å². The Bertz CT molecular complexity index is 645. The Balaban J connectivity index is 2.55. The molecule has 1 nitrogen and oxygen atoms in total. The molecule has 1 heteroatoms. The van der Waals surface area contributed by atoms with Crippen LogP contribution >= 0.6 is 0 Å². The smallest absolute Gasteiger partial charge is 0.201 e. The van der Waals surface area contributed by atoms with Crippen LogP contribution in [0.1, 0.15) is 57.2 Å². The quantitative estimate of drug-likeness (QED) is 0.689. The second kappa shape index (κ2) is 5.63. The molecule has 1 heterocycles. The van der Waals surface area contributed by atoms with Crippen molar-refractivity contribution in [3.63, 3.8) is 0 Å². The number of hydrogen-bond acceptors (Lipinski definition) is 0. The van der Waals surface area contributed by atoms with Crippen molar-refractivity contribution in [2.24, 2.45) is 7.05 Å². The molecule has 0 aliphatic rings. The molecule has 21 heavy (non-hydrogen) atoms. The fourth-order valence-electron chi connectivity index (χ4n) is 2.61. The van der Waals surface area contributed by atoms with E-state index in [1.165, 1.54) is 27.9 Å². The van der Waals surface area contributed by atoms with Crippen molar-refractivity contribution in [3.05, 3.63) is 53.2 Å². The molecule has 0 atom stereocenters. The standard InChI is InChI=1S/C20H28N/c1-14(2)16-9-8-15(3)18(12-16)19-11-10-17(13-21(19)7)20(4,5)6/h8-14H,1-7H3/q+1. The van der Waals surface area contributed by atoms with Crippen LogP contribution in [0.3, 0.4) is 0 Å². The van der Waals surface area contributed by atoms with Crippen molar-refractivity contribution in [1.82, 2.24) is 0 Å². The molecule has 1 aromatic heterocycles. The zero-order valence-electron chi connectivity index (χ0n) is 14.5. The monoisotopic (exact) mass is 282 g/mol. The van der Waals surface area contributed by atoms with E-state index in [9.17, 15) is 0 Å². The zero-order chi connectivity index (χ0) is 15.8.